The molecule has 0 aromatic carbocycles. The van der Waals surface area contributed by atoms with E-state index < -0.39 is 0 Å². The molecule has 3 N–H and O–H groups in total. The number of carbonyl (C=O) groups is 1. The van der Waals surface area contributed by atoms with Gasteiger partial charge in [0.25, 0.3) is 0 Å². The Kier molecular flexibility index (Phi) is 6.75. The largest absolute Gasteiger partial charge is 0.354 e. The average Bonchev–Trinajstić information content (AvgIpc) is 2.34. The van der Waals surface area contributed by atoms with Gasteiger partial charge in [-0.2, -0.15) is 0 Å². The molecule has 2 unspecified atom stereocenters. The molecule has 1 aliphatic rings. The summed E-state index contributed by atoms with van der Waals surface area (Å²) >= 11 is 0. The first-order valence-corrected chi connectivity index (χ1v) is 7.34. The third-order valence-corrected chi connectivity index (χ3v) is 3.89. The topological polar surface area (TPSA) is 61.6 Å². The Balaban J connectivity index is 2.50. The van der Waals surface area contributed by atoms with E-state index in [1.165, 1.54) is 19.4 Å². The molecule has 0 aromatic rings. The highest BCUT2D eigenvalue weighted by molar-refractivity contribution is 5.76. The lowest BCUT2D eigenvalue weighted by molar-refractivity contribution is -0.122. The number of hydrogen-bond donors (Lipinski definition) is 2. The van der Waals surface area contributed by atoms with Crippen LogP contribution in [0.5, 0.6) is 0 Å². The standard InChI is InChI=1S/C14H30N4O/c1-11(2)16-14(19)8-13(9-15)18(4)12-6-5-7-17(3)10-12/h11-13H,5-10,15H2,1-4H3,(H,16,19). The Morgan fingerprint density at radius 1 is 1.53 bits per heavy atom. The zero-order valence-electron chi connectivity index (χ0n) is 12.9. The van der Waals surface area contributed by atoms with E-state index in [4.69, 9.17) is 5.73 Å². The molecule has 19 heavy (non-hydrogen) atoms. The molecule has 5 nitrogen and oxygen atoms in total. The van der Waals surface area contributed by atoms with Crippen molar-refractivity contribution >= 4 is 5.91 Å². The van der Waals surface area contributed by atoms with E-state index in [1.807, 2.05) is 13.8 Å². The van der Waals surface area contributed by atoms with Crippen LogP contribution in [0.2, 0.25) is 0 Å². The highest BCUT2D eigenvalue weighted by atomic mass is 16.1. The van der Waals surface area contributed by atoms with Crippen molar-refractivity contribution < 1.29 is 4.79 Å². The zero-order chi connectivity index (χ0) is 14.4. The Labute approximate surface area is 117 Å². The predicted molar refractivity (Wildman–Crippen MR) is 79.0 cm³/mol. The maximum atomic E-state index is 11.9. The Bertz CT molecular complexity index is 283. The van der Waals surface area contributed by atoms with Crippen LogP contribution in [0, 0.1) is 0 Å². The van der Waals surface area contributed by atoms with Crippen LogP contribution in [0.3, 0.4) is 0 Å². The van der Waals surface area contributed by atoms with Gasteiger partial charge in [-0.3, -0.25) is 9.69 Å². The van der Waals surface area contributed by atoms with Crippen LogP contribution in [0.4, 0.5) is 0 Å². The van der Waals surface area contributed by atoms with Gasteiger partial charge in [-0.1, -0.05) is 0 Å². The van der Waals surface area contributed by atoms with Gasteiger partial charge < -0.3 is 16.0 Å². The number of nitrogens with two attached hydrogens (primary N) is 1. The normalized spacial score (nSPS) is 22.8. The summed E-state index contributed by atoms with van der Waals surface area (Å²) in [6.45, 7) is 6.73. The minimum absolute atomic E-state index is 0.0986. The summed E-state index contributed by atoms with van der Waals surface area (Å²) in [5, 5.41) is 2.94. The number of hydrogen-bond acceptors (Lipinski definition) is 4. The minimum Gasteiger partial charge on any atom is -0.354 e. The fourth-order valence-corrected chi connectivity index (χ4v) is 2.76. The van der Waals surface area contributed by atoms with Crippen molar-refractivity contribution in [2.24, 2.45) is 5.73 Å². The molecule has 112 valence electrons. The molecule has 2 atom stereocenters. The van der Waals surface area contributed by atoms with Gasteiger partial charge in [0.05, 0.1) is 0 Å². The monoisotopic (exact) mass is 270 g/mol. The fourth-order valence-electron chi connectivity index (χ4n) is 2.76. The van der Waals surface area contributed by atoms with Gasteiger partial charge >= 0.3 is 0 Å². The average molecular weight is 270 g/mol. The summed E-state index contributed by atoms with van der Waals surface area (Å²) in [6.07, 6.45) is 2.91. The van der Waals surface area contributed by atoms with Crippen LogP contribution in [0.25, 0.3) is 0 Å². The molecule has 1 fully saturated rings. The molecule has 0 radical (unpaired) electrons. The van der Waals surface area contributed by atoms with Crippen LogP contribution in [-0.2, 0) is 4.79 Å². The first kappa shape index (κ1) is 16.4. The highest BCUT2D eigenvalue weighted by Crippen LogP contribution is 2.16. The zero-order valence-corrected chi connectivity index (χ0v) is 12.9. The van der Waals surface area contributed by atoms with Gasteiger partial charge in [-0.05, 0) is 47.3 Å². The van der Waals surface area contributed by atoms with Crippen LogP contribution >= 0.6 is 0 Å². The van der Waals surface area contributed by atoms with Gasteiger partial charge in [0, 0.05) is 37.6 Å². The molecule has 0 aromatic heterocycles. The first-order chi connectivity index (χ1) is 8.93. The second-order valence-electron chi connectivity index (χ2n) is 6.04. The second-order valence-corrected chi connectivity index (χ2v) is 6.04. The lowest BCUT2D eigenvalue weighted by atomic mass is 10.0. The summed E-state index contributed by atoms with van der Waals surface area (Å²) in [5.74, 6) is 0.0986. The first-order valence-electron chi connectivity index (χ1n) is 7.34. The van der Waals surface area contributed by atoms with E-state index in [2.05, 4.69) is 29.2 Å². The third kappa shape index (κ3) is 5.47. The van der Waals surface area contributed by atoms with E-state index in [1.54, 1.807) is 0 Å². The van der Waals surface area contributed by atoms with Crippen LogP contribution in [-0.4, -0.2) is 67.6 Å². The number of amides is 1. The number of nitrogens with zero attached hydrogens (tertiary/aromatic N) is 2. The molecule has 1 aliphatic heterocycles. The number of likely N-dealkylation sites (N-methyl/N-ethyl adjacent to an activating group) is 2. The number of carbonyl (C=O) groups excluding carboxylic acids is 1. The maximum absolute atomic E-state index is 11.9. The van der Waals surface area contributed by atoms with Gasteiger partial charge in [-0.25, -0.2) is 0 Å². The van der Waals surface area contributed by atoms with Crippen molar-refractivity contribution in [3.8, 4) is 0 Å². The van der Waals surface area contributed by atoms with Crippen LogP contribution in [0.1, 0.15) is 33.1 Å². The summed E-state index contributed by atoms with van der Waals surface area (Å²) in [6, 6.07) is 0.839. The number of nitrogens with one attached hydrogen (secondary N) is 1. The van der Waals surface area contributed by atoms with E-state index in [9.17, 15) is 4.79 Å². The lowest BCUT2D eigenvalue weighted by Crippen LogP contribution is -2.52. The number of rotatable bonds is 6. The third-order valence-electron chi connectivity index (χ3n) is 3.89. The summed E-state index contributed by atoms with van der Waals surface area (Å²) < 4.78 is 0. The molecule has 0 bridgehead atoms. The molecule has 5 heteroatoms. The molecule has 1 rings (SSSR count). The van der Waals surface area contributed by atoms with E-state index >= 15 is 0 Å². The van der Waals surface area contributed by atoms with Crippen LogP contribution in [0.15, 0.2) is 0 Å². The van der Waals surface area contributed by atoms with Crippen molar-refractivity contribution in [1.82, 2.24) is 15.1 Å². The highest BCUT2D eigenvalue weighted by Gasteiger charge is 2.27. The minimum atomic E-state index is 0.0986. The molecule has 0 saturated carbocycles. The van der Waals surface area contributed by atoms with Gasteiger partial charge in [0.1, 0.15) is 0 Å². The smallest absolute Gasteiger partial charge is 0.221 e. The number of likely N-dealkylation sites (tertiary alicyclic amines) is 1. The molecular weight excluding hydrogens is 240 g/mol. The molecule has 0 aliphatic carbocycles. The SMILES string of the molecule is CC(C)NC(=O)CC(CN)N(C)C1CCCN(C)C1. The summed E-state index contributed by atoms with van der Waals surface area (Å²) in [4.78, 5) is 16.5. The quantitative estimate of drug-likeness (QED) is 0.726. The molecule has 0 spiro atoms. The Hall–Kier alpha value is -0.650. The van der Waals surface area contributed by atoms with Crippen molar-refractivity contribution in [1.29, 1.82) is 0 Å². The van der Waals surface area contributed by atoms with Crippen molar-refractivity contribution in [2.75, 3.05) is 33.7 Å². The van der Waals surface area contributed by atoms with Gasteiger partial charge in [0.15, 0.2) is 0 Å². The van der Waals surface area contributed by atoms with E-state index in [0.29, 0.717) is 19.0 Å². The molecular formula is C14H30N4O. The predicted octanol–water partition coefficient (Wildman–Crippen LogP) is 0.254. The maximum Gasteiger partial charge on any atom is 0.221 e. The van der Waals surface area contributed by atoms with E-state index in [0.717, 1.165) is 6.54 Å². The Morgan fingerprint density at radius 3 is 2.74 bits per heavy atom. The molecule has 1 saturated heterocycles. The molecule has 1 amide bonds. The lowest BCUT2D eigenvalue weighted by Gasteiger charge is -2.39. The Morgan fingerprint density at radius 2 is 2.21 bits per heavy atom. The number of piperidine rings is 1. The van der Waals surface area contributed by atoms with Crippen molar-refractivity contribution in [3.05, 3.63) is 0 Å². The van der Waals surface area contributed by atoms with Gasteiger partial charge in [-0.15, -0.1) is 0 Å². The van der Waals surface area contributed by atoms with E-state index in [-0.39, 0.29) is 18.0 Å². The summed E-state index contributed by atoms with van der Waals surface area (Å²) in [7, 11) is 4.26. The van der Waals surface area contributed by atoms with Crippen LogP contribution < -0.4 is 11.1 Å². The fraction of sp³-hybridized carbons (Fsp3) is 0.929. The van der Waals surface area contributed by atoms with Crippen molar-refractivity contribution in [2.45, 2.75) is 51.2 Å². The van der Waals surface area contributed by atoms with Crippen molar-refractivity contribution in [3.63, 3.8) is 0 Å². The second kappa shape index (κ2) is 7.82. The molecule has 1 heterocycles. The van der Waals surface area contributed by atoms with Gasteiger partial charge in [0.2, 0.25) is 5.91 Å². The summed E-state index contributed by atoms with van der Waals surface area (Å²) in [5.41, 5.74) is 5.86.